The zero-order chi connectivity index (χ0) is 17.1. The summed E-state index contributed by atoms with van der Waals surface area (Å²) in [4.78, 5) is 12.0. The second-order valence-corrected chi connectivity index (χ2v) is 5.70. The molecule has 2 aromatic rings. The Morgan fingerprint density at radius 3 is 2.79 bits per heavy atom. The van der Waals surface area contributed by atoms with Crippen molar-refractivity contribution >= 4 is 12.0 Å². The molecule has 124 valence electrons. The number of hydrogen-bond donors (Lipinski definition) is 1. The Hall–Kier alpha value is -2.82. The fourth-order valence-corrected chi connectivity index (χ4v) is 2.46. The van der Waals surface area contributed by atoms with Crippen molar-refractivity contribution in [1.29, 1.82) is 0 Å². The Morgan fingerprint density at radius 1 is 1.21 bits per heavy atom. The number of rotatable bonds is 4. The zero-order valence-electron chi connectivity index (χ0n) is 13.5. The summed E-state index contributed by atoms with van der Waals surface area (Å²) in [5.41, 5.74) is 2.12. The van der Waals surface area contributed by atoms with E-state index in [0.717, 1.165) is 11.1 Å². The molecule has 4 nitrogen and oxygen atoms in total. The van der Waals surface area contributed by atoms with Crippen LogP contribution in [0, 0.1) is 12.7 Å². The maximum Gasteiger partial charge on any atom is 0.244 e. The first-order valence-corrected chi connectivity index (χ1v) is 7.67. The minimum absolute atomic E-state index is 0.209. The number of hydrogen-bond acceptors (Lipinski definition) is 3. The summed E-state index contributed by atoms with van der Waals surface area (Å²) < 4.78 is 24.3. The second-order valence-electron chi connectivity index (χ2n) is 5.70. The number of carbonyl (C=O) groups is 1. The lowest BCUT2D eigenvalue weighted by Gasteiger charge is -2.13. The summed E-state index contributed by atoms with van der Waals surface area (Å²) in [6.07, 6.45) is 2.80. The molecule has 1 N–H and O–H groups in total. The standard InChI is InChI=1S/C19H18FNO3/c1-12-3-4-14(16(20)9-12)6-8-19(22)21-13(2)15-5-7-17-18(10-15)24-11-23-17/h3-10,13H,11H2,1-2H3,(H,21,22)/b8-6+. The van der Waals surface area contributed by atoms with Crippen LogP contribution in [0.4, 0.5) is 4.39 Å². The van der Waals surface area contributed by atoms with Gasteiger partial charge < -0.3 is 14.8 Å². The average molecular weight is 327 g/mol. The van der Waals surface area contributed by atoms with Gasteiger partial charge in [0, 0.05) is 11.6 Å². The smallest absolute Gasteiger partial charge is 0.244 e. The van der Waals surface area contributed by atoms with Crippen LogP contribution in [0.25, 0.3) is 6.08 Å². The summed E-state index contributed by atoms with van der Waals surface area (Å²) in [6.45, 7) is 3.90. The van der Waals surface area contributed by atoms with Gasteiger partial charge in [0.2, 0.25) is 12.7 Å². The molecule has 0 saturated heterocycles. The van der Waals surface area contributed by atoms with E-state index in [1.165, 1.54) is 18.2 Å². The molecule has 5 heteroatoms. The number of amides is 1. The lowest BCUT2D eigenvalue weighted by molar-refractivity contribution is -0.117. The highest BCUT2D eigenvalue weighted by atomic mass is 19.1. The quantitative estimate of drug-likeness (QED) is 0.870. The monoisotopic (exact) mass is 327 g/mol. The van der Waals surface area contributed by atoms with Crippen LogP contribution in [-0.2, 0) is 4.79 Å². The third kappa shape index (κ3) is 3.56. The molecule has 1 aliphatic rings. The summed E-state index contributed by atoms with van der Waals surface area (Å²) in [6, 6.07) is 10.2. The van der Waals surface area contributed by atoms with E-state index in [9.17, 15) is 9.18 Å². The maximum atomic E-state index is 13.7. The number of nitrogens with one attached hydrogen (secondary N) is 1. The van der Waals surface area contributed by atoms with Gasteiger partial charge in [-0.2, -0.15) is 0 Å². The normalized spacial score (nSPS) is 14.0. The highest BCUT2D eigenvalue weighted by Crippen LogP contribution is 2.34. The Bertz CT molecular complexity index is 801. The van der Waals surface area contributed by atoms with Gasteiger partial charge in [0.25, 0.3) is 0 Å². The molecular formula is C19H18FNO3. The number of halogens is 1. The van der Waals surface area contributed by atoms with Gasteiger partial charge in [0.1, 0.15) is 5.82 Å². The highest BCUT2D eigenvalue weighted by molar-refractivity contribution is 5.92. The number of carbonyl (C=O) groups excluding carboxylic acids is 1. The van der Waals surface area contributed by atoms with Gasteiger partial charge in [-0.25, -0.2) is 4.39 Å². The predicted octanol–water partition coefficient (Wildman–Crippen LogP) is 3.75. The molecule has 0 fully saturated rings. The van der Waals surface area contributed by atoms with Gasteiger partial charge in [0.15, 0.2) is 11.5 Å². The van der Waals surface area contributed by atoms with E-state index in [2.05, 4.69) is 5.32 Å². The van der Waals surface area contributed by atoms with Crippen molar-refractivity contribution in [3.05, 3.63) is 65.0 Å². The van der Waals surface area contributed by atoms with Crippen LogP contribution in [0.1, 0.15) is 29.7 Å². The van der Waals surface area contributed by atoms with Crippen molar-refractivity contribution in [3.8, 4) is 11.5 Å². The molecule has 1 unspecified atom stereocenters. The van der Waals surface area contributed by atoms with Gasteiger partial charge in [-0.15, -0.1) is 0 Å². The Labute approximate surface area is 139 Å². The third-order valence-electron chi connectivity index (χ3n) is 3.83. The maximum absolute atomic E-state index is 13.7. The number of benzene rings is 2. The first-order valence-electron chi connectivity index (χ1n) is 7.67. The van der Waals surface area contributed by atoms with Crippen molar-refractivity contribution < 1.29 is 18.7 Å². The fourth-order valence-electron chi connectivity index (χ4n) is 2.46. The van der Waals surface area contributed by atoms with E-state index in [1.54, 1.807) is 12.1 Å². The van der Waals surface area contributed by atoms with Crippen LogP contribution < -0.4 is 14.8 Å². The second kappa shape index (κ2) is 6.74. The van der Waals surface area contributed by atoms with Gasteiger partial charge in [-0.05, 0) is 49.2 Å². The van der Waals surface area contributed by atoms with Crippen LogP contribution in [0.15, 0.2) is 42.5 Å². The molecule has 1 amide bonds. The highest BCUT2D eigenvalue weighted by Gasteiger charge is 2.16. The summed E-state index contributed by atoms with van der Waals surface area (Å²) >= 11 is 0. The zero-order valence-corrected chi connectivity index (χ0v) is 13.5. The van der Waals surface area contributed by atoms with Gasteiger partial charge in [-0.1, -0.05) is 18.2 Å². The first-order chi connectivity index (χ1) is 11.5. The van der Waals surface area contributed by atoms with Crippen LogP contribution in [0.2, 0.25) is 0 Å². The van der Waals surface area contributed by atoms with E-state index in [-0.39, 0.29) is 24.6 Å². The predicted molar refractivity (Wildman–Crippen MR) is 89.3 cm³/mol. The van der Waals surface area contributed by atoms with Crippen molar-refractivity contribution in [3.63, 3.8) is 0 Å². The fraction of sp³-hybridized carbons (Fsp3) is 0.211. The van der Waals surface area contributed by atoms with Crippen molar-refractivity contribution in [1.82, 2.24) is 5.32 Å². The molecule has 0 spiro atoms. The minimum Gasteiger partial charge on any atom is -0.454 e. The van der Waals surface area contributed by atoms with E-state index in [1.807, 2.05) is 32.0 Å². The molecule has 2 aromatic carbocycles. The summed E-state index contributed by atoms with van der Waals surface area (Å²) in [7, 11) is 0. The van der Waals surface area contributed by atoms with E-state index in [0.29, 0.717) is 17.1 Å². The van der Waals surface area contributed by atoms with Gasteiger partial charge in [-0.3, -0.25) is 4.79 Å². The molecule has 0 bridgehead atoms. The van der Waals surface area contributed by atoms with Gasteiger partial charge in [0.05, 0.1) is 6.04 Å². The minimum atomic E-state index is -0.345. The largest absolute Gasteiger partial charge is 0.454 e. The molecule has 0 aliphatic carbocycles. The number of ether oxygens (including phenoxy) is 2. The molecule has 1 heterocycles. The Morgan fingerprint density at radius 2 is 2.00 bits per heavy atom. The SMILES string of the molecule is Cc1ccc(/C=C/C(=O)NC(C)c2ccc3c(c2)OCO3)c(F)c1. The number of aryl methyl sites for hydroxylation is 1. The number of fused-ring (bicyclic) bond motifs is 1. The molecule has 0 radical (unpaired) electrons. The summed E-state index contributed by atoms with van der Waals surface area (Å²) in [5, 5.41) is 2.84. The molecule has 1 aliphatic heterocycles. The van der Waals surface area contributed by atoms with E-state index >= 15 is 0 Å². The van der Waals surface area contributed by atoms with E-state index < -0.39 is 0 Å². The molecule has 3 rings (SSSR count). The van der Waals surface area contributed by atoms with Crippen LogP contribution >= 0.6 is 0 Å². The topological polar surface area (TPSA) is 47.6 Å². The van der Waals surface area contributed by atoms with Crippen molar-refractivity contribution in [2.75, 3.05) is 6.79 Å². The Balaban J connectivity index is 1.64. The lowest BCUT2D eigenvalue weighted by Crippen LogP contribution is -2.24. The van der Waals surface area contributed by atoms with E-state index in [4.69, 9.17) is 9.47 Å². The van der Waals surface area contributed by atoms with Crippen molar-refractivity contribution in [2.45, 2.75) is 19.9 Å². The summed E-state index contributed by atoms with van der Waals surface area (Å²) in [5.74, 6) is 0.737. The average Bonchev–Trinajstić information content (AvgIpc) is 3.01. The molecular weight excluding hydrogens is 309 g/mol. The molecule has 0 saturated carbocycles. The third-order valence-corrected chi connectivity index (χ3v) is 3.83. The molecule has 24 heavy (non-hydrogen) atoms. The molecule has 1 atom stereocenters. The van der Waals surface area contributed by atoms with Crippen LogP contribution in [-0.4, -0.2) is 12.7 Å². The first kappa shape index (κ1) is 16.1. The van der Waals surface area contributed by atoms with Crippen molar-refractivity contribution in [2.24, 2.45) is 0 Å². The van der Waals surface area contributed by atoms with Crippen LogP contribution in [0.3, 0.4) is 0 Å². The van der Waals surface area contributed by atoms with Crippen LogP contribution in [0.5, 0.6) is 11.5 Å². The lowest BCUT2D eigenvalue weighted by atomic mass is 10.1. The molecule has 0 aromatic heterocycles. The van der Waals surface area contributed by atoms with Gasteiger partial charge >= 0.3 is 0 Å². The Kier molecular flexibility index (Phi) is 4.51.